The summed E-state index contributed by atoms with van der Waals surface area (Å²) in [7, 11) is 0. The van der Waals surface area contributed by atoms with Gasteiger partial charge in [0.2, 0.25) is 0 Å². The van der Waals surface area contributed by atoms with Crippen molar-refractivity contribution in [3.63, 3.8) is 0 Å². The average Bonchev–Trinajstić information content (AvgIpc) is 3.03. The number of nitrogens with two attached hydrogens (primary N) is 1. The minimum Gasteiger partial charge on any atom is -0.462 e. The number of carbonyl (C=O) groups is 2. The van der Waals surface area contributed by atoms with Gasteiger partial charge in [-0.3, -0.25) is 9.59 Å². The van der Waals surface area contributed by atoms with E-state index < -0.39 is 42.9 Å². The number of hydrogen-bond donors (Lipinski definition) is 4. The molecule has 2 fully saturated rings. The van der Waals surface area contributed by atoms with E-state index in [1.165, 1.54) is 0 Å². The highest BCUT2D eigenvalue weighted by atomic mass is 16.7. The first kappa shape index (κ1) is 39.3. The first-order valence-corrected chi connectivity index (χ1v) is 17.7. The second-order valence-corrected chi connectivity index (χ2v) is 13.3. The molecule has 10 nitrogen and oxygen atoms in total. The Morgan fingerprint density at radius 1 is 0.872 bits per heavy atom. The van der Waals surface area contributed by atoms with Crippen LogP contribution in [0.4, 0.5) is 0 Å². The molecule has 10 heteroatoms. The number of allylic oxidation sites excluding steroid dienone is 6. The molecule has 8 unspecified atom stereocenters. The summed E-state index contributed by atoms with van der Waals surface area (Å²) in [4.78, 5) is 24.8. The van der Waals surface area contributed by atoms with Crippen molar-refractivity contribution in [2.24, 2.45) is 11.7 Å². The summed E-state index contributed by atoms with van der Waals surface area (Å²) in [5.74, 6) is -0.210. The molecule has 2 bridgehead atoms. The number of hydrogen-bond acceptors (Lipinski definition) is 10. The van der Waals surface area contributed by atoms with E-state index in [-0.39, 0.29) is 42.4 Å². The third kappa shape index (κ3) is 13.7. The smallest absolute Gasteiger partial charge is 0.306 e. The van der Waals surface area contributed by atoms with Crippen molar-refractivity contribution >= 4 is 11.8 Å². The fourth-order valence-corrected chi connectivity index (χ4v) is 6.35. The van der Waals surface area contributed by atoms with Gasteiger partial charge in [0.1, 0.15) is 18.0 Å². The van der Waals surface area contributed by atoms with Gasteiger partial charge >= 0.3 is 5.97 Å². The van der Waals surface area contributed by atoms with E-state index >= 15 is 0 Å². The fourth-order valence-electron chi connectivity index (χ4n) is 6.35. The minimum atomic E-state index is -1.22. The Kier molecular flexibility index (Phi) is 17.6. The lowest BCUT2D eigenvalue weighted by molar-refractivity contribution is -0.279. The molecular weight excluding hydrogens is 602 g/mol. The van der Waals surface area contributed by atoms with E-state index in [0.29, 0.717) is 38.5 Å². The van der Waals surface area contributed by atoms with Crippen molar-refractivity contribution in [3.05, 3.63) is 48.6 Å². The Bertz CT molecular complexity index is 1060. The predicted octanol–water partition coefficient (Wildman–Crippen LogP) is 4.74. The average molecular weight is 662 g/mol. The predicted molar refractivity (Wildman–Crippen MR) is 180 cm³/mol. The van der Waals surface area contributed by atoms with E-state index in [4.69, 9.17) is 24.7 Å². The van der Waals surface area contributed by atoms with Gasteiger partial charge in [-0.05, 0) is 39.0 Å². The molecule has 5 N–H and O–H groups in total. The summed E-state index contributed by atoms with van der Waals surface area (Å²) in [5.41, 5.74) is 6.06. The van der Waals surface area contributed by atoms with Gasteiger partial charge in [-0.25, -0.2) is 0 Å². The molecule has 0 aromatic heterocycles. The Balaban J connectivity index is 1.74. The number of cyclic esters (lactones) is 1. The highest BCUT2D eigenvalue weighted by Crippen LogP contribution is 2.32. The molecule has 3 heterocycles. The molecule has 0 saturated carbocycles. The van der Waals surface area contributed by atoms with E-state index in [1.54, 1.807) is 6.92 Å². The second kappa shape index (κ2) is 21.0. The molecule has 3 rings (SSSR count). The van der Waals surface area contributed by atoms with Crippen LogP contribution >= 0.6 is 0 Å². The van der Waals surface area contributed by atoms with E-state index in [2.05, 4.69) is 6.92 Å². The summed E-state index contributed by atoms with van der Waals surface area (Å²) < 4.78 is 24.2. The Hall–Kier alpha value is -2.18. The molecule has 0 radical (unpaired) electrons. The van der Waals surface area contributed by atoms with Crippen LogP contribution < -0.4 is 5.73 Å². The summed E-state index contributed by atoms with van der Waals surface area (Å²) in [6.45, 7) is 5.72. The third-order valence-corrected chi connectivity index (χ3v) is 9.38. The first-order chi connectivity index (χ1) is 22.6. The van der Waals surface area contributed by atoms with Crippen LogP contribution in [0.5, 0.6) is 0 Å². The molecule has 0 aliphatic carbocycles. The molecule has 3 aliphatic rings. The highest BCUT2D eigenvalue weighted by Gasteiger charge is 2.43. The molecule has 3 aliphatic heterocycles. The van der Waals surface area contributed by atoms with Gasteiger partial charge in [-0.15, -0.1) is 0 Å². The van der Waals surface area contributed by atoms with Gasteiger partial charge in [0.15, 0.2) is 6.29 Å². The van der Waals surface area contributed by atoms with Gasteiger partial charge in [0.25, 0.3) is 0 Å². The molecule has 0 spiro atoms. The lowest BCUT2D eigenvalue weighted by Gasteiger charge is -2.42. The quantitative estimate of drug-likeness (QED) is 0.310. The number of ether oxygens (including phenoxy) is 4. The van der Waals surface area contributed by atoms with Crippen LogP contribution in [0.3, 0.4) is 0 Å². The topological polar surface area (TPSA) is 158 Å². The maximum atomic E-state index is 12.4. The number of esters is 1. The molecule has 11 atom stereocenters. The zero-order chi connectivity index (χ0) is 34.2. The molecule has 266 valence electrons. The number of fused-ring (bicyclic) bond motifs is 2. The number of carbonyl (C=O) groups excluding carboxylic acids is 2. The van der Waals surface area contributed by atoms with Crippen molar-refractivity contribution in [2.45, 2.75) is 165 Å². The molecule has 0 aromatic carbocycles. The Morgan fingerprint density at radius 3 is 2.36 bits per heavy atom. The second-order valence-electron chi connectivity index (χ2n) is 13.3. The zero-order valence-electron chi connectivity index (χ0n) is 28.5. The monoisotopic (exact) mass is 661 g/mol. The lowest BCUT2D eigenvalue weighted by atomic mass is 9.86. The summed E-state index contributed by atoms with van der Waals surface area (Å²) in [5, 5.41) is 31.9. The number of rotatable bonds is 4. The summed E-state index contributed by atoms with van der Waals surface area (Å²) in [6, 6.07) is -0.912. The van der Waals surface area contributed by atoms with Crippen LogP contribution in [0.15, 0.2) is 48.6 Å². The van der Waals surface area contributed by atoms with Gasteiger partial charge in [-0.2, -0.15) is 0 Å². The normalized spacial score (nSPS) is 40.5. The van der Waals surface area contributed by atoms with Crippen molar-refractivity contribution in [1.82, 2.24) is 0 Å². The van der Waals surface area contributed by atoms with Gasteiger partial charge in [0.05, 0.1) is 42.7 Å². The number of ketones is 1. The van der Waals surface area contributed by atoms with E-state index in [0.717, 1.165) is 38.5 Å². The van der Waals surface area contributed by atoms with Crippen LogP contribution in [-0.4, -0.2) is 88.2 Å². The van der Waals surface area contributed by atoms with Crippen LogP contribution in [0.25, 0.3) is 0 Å². The Labute approximate surface area is 281 Å². The van der Waals surface area contributed by atoms with Crippen molar-refractivity contribution in [3.8, 4) is 0 Å². The maximum absolute atomic E-state index is 12.4. The van der Waals surface area contributed by atoms with Gasteiger partial charge in [0, 0.05) is 38.0 Å². The van der Waals surface area contributed by atoms with E-state index in [1.807, 2.05) is 55.5 Å². The summed E-state index contributed by atoms with van der Waals surface area (Å²) in [6.07, 6.45) is 17.9. The van der Waals surface area contributed by atoms with Gasteiger partial charge < -0.3 is 40.0 Å². The van der Waals surface area contributed by atoms with E-state index in [9.17, 15) is 24.9 Å². The molecule has 47 heavy (non-hydrogen) atoms. The molecule has 0 aromatic rings. The number of aliphatic hydroxyl groups excluding tert-OH is 3. The van der Waals surface area contributed by atoms with Crippen LogP contribution in [0.2, 0.25) is 0 Å². The SMILES string of the molecule is CCC[C@@H]1C/C=C/C=C/C=C/C=C/[C@H](OC2OC(C)C(O)C(N)C2O)CC2OC(CCCCCC(=O)CCCC(=O)O1)CC(O)[C@H]2C. The fraction of sp³-hybridized carbons (Fsp3) is 0.730. The molecule has 2 saturated heterocycles. The van der Waals surface area contributed by atoms with Crippen molar-refractivity contribution in [1.29, 1.82) is 0 Å². The summed E-state index contributed by atoms with van der Waals surface area (Å²) >= 11 is 0. The Morgan fingerprint density at radius 2 is 1.60 bits per heavy atom. The molecular formula is C37H59NO9. The van der Waals surface area contributed by atoms with Crippen LogP contribution in [0, 0.1) is 5.92 Å². The largest absolute Gasteiger partial charge is 0.462 e. The minimum absolute atomic E-state index is 0.120. The lowest BCUT2D eigenvalue weighted by Crippen LogP contribution is -2.61. The highest BCUT2D eigenvalue weighted by molar-refractivity contribution is 5.79. The standard InChI is InChI=1S/C37H59NO9/c1-4-16-28-19-12-8-6-5-7-9-13-21-30(47-37-36(43)34(38)35(42)26(3)44-37)24-32-25(2)31(40)23-29(45-32)20-14-10-11-17-27(39)18-15-22-33(41)46-28/h5-9,12-13,21,25-26,28-32,34-37,40,42-43H,4,10-11,14-20,22-24,38H2,1-3H3/b6-5+,9-7+,12-8+,21-13+/t25-,26?,28-,29?,30+,31?,32?,34?,35?,36?,37?/m1/s1. The maximum Gasteiger partial charge on any atom is 0.306 e. The first-order valence-electron chi connectivity index (χ1n) is 17.7. The van der Waals surface area contributed by atoms with Crippen molar-refractivity contribution in [2.75, 3.05) is 0 Å². The van der Waals surface area contributed by atoms with Crippen molar-refractivity contribution < 1.29 is 43.9 Å². The third-order valence-electron chi connectivity index (χ3n) is 9.38. The van der Waals surface area contributed by atoms with Gasteiger partial charge in [-0.1, -0.05) is 81.7 Å². The van der Waals surface area contributed by atoms with Crippen LogP contribution in [-0.2, 0) is 28.5 Å². The zero-order valence-corrected chi connectivity index (χ0v) is 28.5. The van der Waals surface area contributed by atoms with Crippen LogP contribution in [0.1, 0.15) is 104 Å². The number of aliphatic hydroxyl groups is 3. The number of Topliss-reactive ketones (excluding diaryl/α,β-unsaturated/α-hetero) is 1. The molecule has 0 amide bonds.